The van der Waals surface area contributed by atoms with Crippen LogP contribution in [0.2, 0.25) is 0 Å². The second kappa shape index (κ2) is 15.0. The van der Waals surface area contributed by atoms with Crippen LogP contribution in [0.4, 0.5) is 0 Å². The van der Waals surface area contributed by atoms with E-state index in [1.807, 2.05) is 0 Å². The Balaban J connectivity index is -0.00000112. The van der Waals surface area contributed by atoms with E-state index < -0.39 is 0 Å². The van der Waals surface area contributed by atoms with Gasteiger partial charge in [0.05, 0.1) is 12.5 Å². The summed E-state index contributed by atoms with van der Waals surface area (Å²) in [5.41, 5.74) is 5.44. The van der Waals surface area contributed by atoms with Crippen LogP contribution in [0.15, 0.2) is 0 Å². The Hall–Kier alpha value is -0.0700. The summed E-state index contributed by atoms with van der Waals surface area (Å²) in [6.07, 6.45) is 0.166. The molecule has 1 unspecified atom stereocenters. The number of methoxy groups -OCH3 is 1. The van der Waals surface area contributed by atoms with Crippen molar-refractivity contribution < 1.29 is 9.53 Å². The molecule has 5 nitrogen and oxygen atoms in total. The highest BCUT2D eigenvalue weighted by atomic mass is 35.5. The average Bonchev–Trinajstić information content (AvgIpc) is 2.31. The minimum atomic E-state index is -0.173. The zero-order valence-corrected chi connectivity index (χ0v) is 13.1. The Kier molecular flexibility index (Phi) is 19.2. The Bertz CT molecular complexity index is 189. The number of nitrogens with zero attached hydrogens (tertiary/aromatic N) is 1. The second-order valence-electron chi connectivity index (χ2n) is 3.67. The SMILES string of the molecule is CCN(CC)CCNC(=O)CC(CN)OC.Cl.Cl. The molecule has 0 aliphatic rings. The lowest BCUT2D eigenvalue weighted by molar-refractivity contribution is -0.123. The van der Waals surface area contributed by atoms with E-state index in [0.29, 0.717) is 19.5 Å². The summed E-state index contributed by atoms with van der Waals surface area (Å²) in [7, 11) is 1.57. The number of carbonyl (C=O) groups excluding carboxylic acids is 1. The van der Waals surface area contributed by atoms with Gasteiger partial charge in [-0.3, -0.25) is 4.79 Å². The van der Waals surface area contributed by atoms with Gasteiger partial charge in [0.15, 0.2) is 0 Å². The molecule has 0 heterocycles. The quantitative estimate of drug-likeness (QED) is 0.656. The molecule has 0 radical (unpaired) electrons. The molecule has 0 bridgehead atoms. The van der Waals surface area contributed by atoms with E-state index in [1.54, 1.807) is 7.11 Å². The van der Waals surface area contributed by atoms with Gasteiger partial charge in [0.25, 0.3) is 0 Å². The third-order valence-electron chi connectivity index (χ3n) is 2.65. The van der Waals surface area contributed by atoms with Gasteiger partial charge in [-0.15, -0.1) is 24.8 Å². The van der Waals surface area contributed by atoms with Crippen molar-refractivity contribution in [2.45, 2.75) is 26.4 Å². The summed E-state index contributed by atoms with van der Waals surface area (Å²) in [5.74, 6) is 0.00413. The summed E-state index contributed by atoms with van der Waals surface area (Å²) < 4.78 is 5.04. The molecular formula is C11H27Cl2N3O2. The lowest BCUT2D eigenvalue weighted by Gasteiger charge is -2.18. The summed E-state index contributed by atoms with van der Waals surface area (Å²) in [6, 6.07) is 0. The highest BCUT2D eigenvalue weighted by Crippen LogP contribution is 1.94. The van der Waals surface area contributed by atoms with Crippen molar-refractivity contribution in [1.82, 2.24) is 10.2 Å². The first-order valence-electron chi connectivity index (χ1n) is 5.89. The molecule has 0 aromatic heterocycles. The first kappa shape index (κ1) is 23.1. The Morgan fingerprint density at radius 3 is 2.28 bits per heavy atom. The number of amides is 1. The molecule has 3 N–H and O–H groups in total. The van der Waals surface area contributed by atoms with Crippen molar-refractivity contribution in [3.05, 3.63) is 0 Å². The number of halogens is 2. The predicted molar refractivity (Wildman–Crippen MR) is 79.8 cm³/mol. The molecule has 112 valence electrons. The Labute approximate surface area is 123 Å². The standard InChI is InChI=1S/C11H25N3O2.2ClH/c1-4-14(5-2)7-6-13-11(15)8-10(9-12)16-3;;/h10H,4-9,12H2,1-3H3,(H,13,15);2*1H. The van der Waals surface area contributed by atoms with Crippen molar-refractivity contribution in [3.63, 3.8) is 0 Å². The number of ether oxygens (including phenoxy) is 1. The van der Waals surface area contributed by atoms with Gasteiger partial charge in [0.1, 0.15) is 0 Å². The highest BCUT2D eigenvalue weighted by Gasteiger charge is 2.10. The fraction of sp³-hybridized carbons (Fsp3) is 0.909. The maximum absolute atomic E-state index is 11.5. The third-order valence-corrected chi connectivity index (χ3v) is 2.65. The van der Waals surface area contributed by atoms with E-state index in [0.717, 1.165) is 19.6 Å². The van der Waals surface area contributed by atoms with Crippen LogP contribution in [0.3, 0.4) is 0 Å². The number of likely N-dealkylation sites (N-methyl/N-ethyl adjacent to an activating group) is 1. The van der Waals surface area contributed by atoms with Gasteiger partial charge in [-0.1, -0.05) is 13.8 Å². The third kappa shape index (κ3) is 11.0. The molecule has 0 saturated carbocycles. The van der Waals surface area contributed by atoms with Gasteiger partial charge < -0.3 is 20.7 Å². The van der Waals surface area contributed by atoms with Crippen LogP contribution >= 0.6 is 24.8 Å². The lowest BCUT2D eigenvalue weighted by Crippen LogP contribution is -2.37. The molecule has 1 atom stereocenters. The van der Waals surface area contributed by atoms with E-state index in [4.69, 9.17) is 10.5 Å². The molecule has 0 aromatic rings. The lowest BCUT2D eigenvalue weighted by atomic mass is 10.2. The molecule has 0 fully saturated rings. The van der Waals surface area contributed by atoms with Gasteiger partial charge >= 0.3 is 0 Å². The molecule has 0 aliphatic heterocycles. The Morgan fingerprint density at radius 1 is 1.33 bits per heavy atom. The molecule has 1 amide bonds. The molecule has 0 aromatic carbocycles. The summed E-state index contributed by atoms with van der Waals surface area (Å²) in [5, 5.41) is 2.86. The summed E-state index contributed by atoms with van der Waals surface area (Å²) in [6.45, 7) is 8.19. The fourth-order valence-electron chi connectivity index (χ4n) is 1.44. The summed E-state index contributed by atoms with van der Waals surface area (Å²) >= 11 is 0. The maximum Gasteiger partial charge on any atom is 0.222 e. The zero-order valence-electron chi connectivity index (χ0n) is 11.5. The number of nitrogens with two attached hydrogens (primary N) is 1. The minimum Gasteiger partial charge on any atom is -0.380 e. The second-order valence-corrected chi connectivity index (χ2v) is 3.67. The number of hydrogen-bond acceptors (Lipinski definition) is 4. The van der Waals surface area contributed by atoms with Crippen LogP contribution in [0.25, 0.3) is 0 Å². The fourth-order valence-corrected chi connectivity index (χ4v) is 1.44. The molecule has 0 aliphatic carbocycles. The van der Waals surface area contributed by atoms with Crippen molar-refractivity contribution in [1.29, 1.82) is 0 Å². The molecular weight excluding hydrogens is 277 g/mol. The van der Waals surface area contributed by atoms with Crippen molar-refractivity contribution in [3.8, 4) is 0 Å². The number of rotatable bonds is 9. The van der Waals surface area contributed by atoms with Crippen LogP contribution in [0.1, 0.15) is 20.3 Å². The van der Waals surface area contributed by atoms with E-state index in [2.05, 4.69) is 24.1 Å². The average molecular weight is 304 g/mol. The van der Waals surface area contributed by atoms with Crippen molar-refractivity contribution >= 4 is 30.7 Å². The molecule has 0 saturated heterocycles. The summed E-state index contributed by atoms with van der Waals surface area (Å²) in [4.78, 5) is 13.7. The molecule has 0 spiro atoms. The number of carbonyl (C=O) groups is 1. The van der Waals surface area contributed by atoms with Gasteiger partial charge in [0, 0.05) is 26.7 Å². The van der Waals surface area contributed by atoms with Crippen LogP contribution in [0.5, 0.6) is 0 Å². The largest absolute Gasteiger partial charge is 0.380 e. The topological polar surface area (TPSA) is 67.6 Å². The van der Waals surface area contributed by atoms with Gasteiger partial charge in [-0.2, -0.15) is 0 Å². The minimum absolute atomic E-state index is 0. The predicted octanol–water partition coefficient (Wildman–Crippen LogP) is 0.652. The van der Waals surface area contributed by atoms with Crippen LogP contribution in [0, 0.1) is 0 Å². The van der Waals surface area contributed by atoms with Gasteiger partial charge in [-0.05, 0) is 13.1 Å². The van der Waals surface area contributed by atoms with Crippen LogP contribution in [-0.2, 0) is 9.53 Å². The highest BCUT2D eigenvalue weighted by molar-refractivity contribution is 5.85. The first-order valence-corrected chi connectivity index (χ1v) is 5.89. The smallest absolute Gasteiger partial charge is 0.222 e. The Morgan fingerprint density at radius 2 is 1.89 bits per heavy atom. The molecule has 0 rings (SSSR count). The normalized spacial score (nSPS) is 11.4. The van der Waals surface area contributed by atoms with Crippen LogP contribution < -0.4 is 11.1 Å². The monoisotopic (exact) mass is 303 g/mol. The first-order chi connectivity index (χ1) is 7.67. The van der Waals surface area contributed by atoms with Gasteiger partial charge in [-0.25, -0.2) is 0 Å². The maximum atomic E-state index is 11.5. The van der Waals surface area contributed by atoms with E-state index in [-0.39, 0.29) is 36.8 Å². The van der Waals surface area contributed by atoms with Crippen molar-refractivity contribution in [2.75, 3.05) is 39.8 Å². The van der Waals surface area contributed by atoms with Crippen LogP contribution in [-0.4, -0.2) is 56.7 Å². The van der Waals surface area contributed by atoms with Gasteiger partial charge in [0.2, 0.25) is 5.91 Å². The molecule has 18 heavy (non-hydrogen) atoms. The zero-order chi connectivity index (χ0) is 12.4. The van der Waals surface area contributed by atoms with E-state index >= 15 is 0 Å². The van der Waals surface area contributed by atoms with E-state index in [1.165, 1.54) is 0 Å². The number of hydrogen-bond donors (Lipinski definition) is 2. The van der Waals surface area contributed by atoms with Crippen molar-refractivity contribution in [2.24, 2.45) is 5.73 Å². The molecule has 7 heteroatoms. The van der Waals surface area contributed by atoms with E-state index in [9.17, 15) is 4.79 Å². The number of nitrogens with one attached hydrogen (secondary N) is 1.